The van der Waals surface area contributed by atoms with Gasteiger partial charge in [0.2, 0.25) is 11.8 Å². The molecule has 1 radical (unpaired) electrons. The molecule has 2 aromatic heterocycles. The number of nitrogens with two attached hydrogens (primary N) is 1. The quantitative estimate of drug-likeness (QED) is 0.720. The fraction of sp³-hybridized carbons (Fsp3) is 0.0833. The van der Waals surface area contributed by atoms with E-state index in [1.54, 1.807) is 0 Å². The van der Waals surface area contributed by atoms with Gasteiger partial charge in [-0.3, -0.25) is 0 Å². The molecular weight excluding hydrogens is 230 g/mol. The molecule has 0 saturated carbocycles. The Hall–Kier alpha value is -2.63. The molecule has 0 saturated heterocycles. The van der Waals surface area contributed by atoms with Crippen LogP contribution in [0.3, 0.4) is 0 Å². The van der Waals surface area contributed by atoms with E-state index < -0.39 is 0 Å². The van der Waals surface area contributed by atoms with Crippen LogP contribution in [0.25, 0.3) is 11.2 Å². The number of aromatic nitrogens is 4. The standard InChI is InChI=1S/C12H10N5O/c13-12-16-10-9(14-7-15-10)11(17-12)18-6-8-4-2-1-3-5-8/h1-4,7H,6H2,(H3,13,14,15,16,17). The second-order valence-electron chi connectivity index (χ2n) is 3.66. The summed E-state index contributed by atoms with van der Waals surface area (Å²) in [6, 6.07) is 10.6. The summed E-state index contributed by atoms with van der Waals surface area (Å²) in [5, 5.41) is 0. The molecule has 0 aliphatic heterocycles. The Morgan fingerprint density at radius 2 is 2.28 bits per heavy atom. The third kappa shape index (κ3) is 1.95. The summed E-state index contributed by atoms with van der Waals surface area (Å²) < 4.78 is 5.60. The largest absolute Gasteiger partial charge is 0.471 e. The van der Waals surface area contributed by atoms with Crippen molar-refractivity contribution in [3.05, 3.63) is 42.2 Å². The van der Waals surface area contributed by atoms with E-state index in [9.17, 15) is 0 Å². The van der Waals surface area contributed by atoms with E-state index in [-0.39, 0.29) is 5.95 Å². The summed E-state index contributed by atoms with van der Waals surface area (Å²) in [6.07, 6.45) is 1.53. The van der Waals surface area contributed by atoms with Gasteiger partial charge >= 0.3 is 0 Å². The van der Waals surface area contributed by atoms with Crippen LogP contribution in [0.5, 0.6) is 5.88 Å². The molecule has 18 heavy (non-hydrogen) atoms. The Labute approximate surface area is 103 Å². The van der Waals surface area contributed by atoms with E-state index in [0.29, 0.717) is 23.7 Å². The highest BCUT2D eigenvalue weighted by Gasteiger charge is 2.09. The minimum atomic E-state index is 0.152. The molecule has 0 fully saturated rings. The number of nitrogen functional groups attached to an aromatic ring is 1. The van der Waals surface area contributed by atoms with Crippen LogP contribution < -0.4 is 10.5 Å². The maximum absolute atomic E-state index is 5.60. The molecule has 0 unspecified atom stereocenters. The smallest absolute Gasteiger partial charge is 0.247 e. The Morgan fingerprint density at radius 1 is 1.33 bits per heavy atom. The number of anilines is 1. The van der Waals surface area contributed by atoms with Gasteiger partial charge in [0.15, 0.2) is 11.2 Å². The predicted molar refractivity (Wildman–Crippen MR) is 65.7 cm³/mol. The van der Waals surface area contributed by atoms with Crippen molar-refractivity contribution in [2.24, 2.45) is 0 Å². The lowest BCUT2D eigenvalue weighted by Crippen LogP contribution is -2.02. The second kappa shape index (κ2) is 4.33. The van der Waals surface area contributed by atoms with Crippen molar-refractivity contribution in [2.45, 2.75) is 6.61 Å². The molecule has 0 atom stereocenters. The van der Waals surface area contributed by atoms with Crippen molar-refractivity contribution >= 4 is 17.1 Å². The van der Waals surface area contributed by atoms with E-state index in [1.807, 2.05) is 24.3 Å². The van der Waals surface area contributed by atoms with E-state index in [1.165, 1.54) is 6.33 Å². The van der Waals surface area contributed by atoms with Gasteiger partial charge in [0.05, 0.1) is 6.33 Å². The van der Waals surface area contributed by atoms with Gasteiger partial charge < -0.3 is 15.5 Å². The minimum Gasteiger partial charge on any atom is -0.471 e. The van der Waals surface area contributed by atoms with Crippen LogP contribution in [0.4, 0.5) is 5.95 Å². The molecule has 3 aromatic rings. The molecule has 3 rings (SSSR count). The van der Waals surface area contributed by atoms with Crippen molar-refractivity contribution in [2.75, 3.05) is 5.73 Å². The van der Waals surface area contributed by atoms with Crippen LogP contribution in [0.1, 0.15) is 5.56 Å². The summed E-state index contributed by atoms with van der Waals surface area (Å²) >= 11 is 0. The molecule has 0 aliphatic rings. The lowest BCUT2D eigenvalue weighted by molar-refractivity contribution is 0.297. The molecule has 6 nitrogen and oxygen atoms in total. The van der Waals surface area contributed by atoms with Crippen LogP contribution in [-0.2, 0) is 6.61 Å². The molecule has 6 heteroatoms. The number of nitrogens with zero attached hydrogens (tertiary/aromatic N) is 3. The number of benzene rings is 1. The Kier molecular flexibility index (Phi) is 2.53. The fourth-order valence-corrected chi connectivity index (χ4v) is 1.59. The predicted octanol–water partition coefficient (Wildman–Crippen LogP) is 1.31. The van der Waals surface area contributed by atoms with E-state index in [0.717, 1.165) is 5.56 Å². The van der Waals surface area contributed by atoms with Crippen LogP contribution in [0, 0.1) is 6.07 Å². The zero-order chi connectivity index (χ0) is 12.4. The number of nitrogens with one attached hydrogen (secondary N) is 1. The third-order valence-corrected chi connectivity index (χ3v) is 2.40. The molecule has 0 aliphatic carbocycles. The number of hydrogen-bond acceptors (Lipinski definition) is 5. The van der Waals surface area contributed by atoms with Crippen molar-refractivity contribution in [1.29, 1.82) is 0 Å². The van der Waals surface area contributed by atoms with Gasteiger partial charge in [-0.1, -0.05) is 24.3 Å². The normalized spacial score (nSPS) is 10.7. The average molecular weight is 240 g/mol. The van der Waals surface area contributed by atoms with E-state index >= 15 is 0 Å². The highest BCUT2D eigenvalue weighted by molar-refractivity contribution is 5.76. The Bertz CT molecular complexity index is 665. The van der Waals surface area contributed by atoms with Crippen molar-refractivity contribution in [3.63, 3.8) is 0 Å². The lowest BCUT2D eigenvalue weighted by atomic mass is 10.2. The number of imidazole rings is 1. The summed E-state index contributed by atoms with van der Waals surface area (Å²) in [5.41, 5.74) is 7.66. The lowest BCUT2D eigenvalue weighted by Gasteiger charge is -2.05. The number of rotatable bonds is 3. The van der Waals surface area contributed by atoms with Crippen LogP contribution in [-0.4, -0.2) is 19.9 Å². The molecule has 1 aromatic carbocycles. The number of ether oxygens (including phenoxy) is 1. The molecular formula is C12H10N5O. The van der Waals surface area contributed by atoms with Crippen LogP contribution >= 0.6 is 0 Å². The maximum atomic E-state index is 5.60. The minimum absolute atomic E-state index is 0.152. The van der Waals surface area contributed by atoms with Gasteiger partial charge in [-0.25, -0.2) is 4.98 Å². The van der Waals surface area contributed by atoms with Crippen molar-refractivity contribution < 1.29 is 4.74 Å². The van der Waals surface area contributed by atoms with Crippen LogP contribution in [0.2, 0.25) is 0 Å². The molecule has 0 amide bonds. The first-order valence-electron chi connectivity index (χ1n) is 5.38. The SMILES string of the molecule is Nc1nc(OCc2[c]cccc2)c2nc[nH]c2n1. The first kappa shape index (κ1) is 10.5. The zero-order valence-corrected chi connectivity index (χ0v) is 9.42. The summed E-state index contributed by atoms with van der Waals surface area (Å²) in [7, 11) is 0. The van der Waals surface area contributed by atoms with Crippen LogP contribution in [0.15, 0.2) is 30.6 Å². The molecule has 2 heterocycles. The van der Waals surface area contributed by atoms with E-state index in [2.05, 4.69) is 26.0 Å². The number of aromatic amines is 1. The van der Waals surface area contributed by atoms with E-state index in [4.69, 9.17) is 10.5 Å². The van der Waals surface area contributed by atoms with Gasteiger partial charge in [0, 0.05) is 0 Å². The monoisotopic (exact) mass is 240 g/mol. The van der Waals surface area contributed by atoms with Crippen molar-refractivity contribution in [3.8, 4) is 5.88 Å². The summed E-state index contributed by atoms with van der Waals surface area (Å²) in [4.78, 5) is 15.0. The molecule has 89 valence electrons. The first-order valence-corrected chi connectivity index (χ1v) is 5.38. The topological polar surface area (TPSA) is 89.7 Å². The number of hydrogen-bond donors (Lipinski definition) is 2. The molecule has 0 spiro atoms. The van der Waals surface area contributed by atoms with Gasteiger partial charge in [-0.05, 0) is 11.6 Å². The third-order valence-electron chi connectivity index (χ3n) is 2.40. The second-order valence-corrected chi connectivity index (χ2v) is 3.66. The fourth-order valence-electron chi connectivity index (χ4n) is 1.59. The first-order chi connectivity index (χ1) is 8.83. The Balaban J connectivity index is 1.88. The number of H-pyrrole nitrogens is 1. The summed E-state index contributed by atoms with van der Waals surface area (Å²) in [5.74, 6) is 0.523. The molecule has 0 bridgehead atoms. The number of fused-ring (bicyclic) bond motifs is 1. The molecule has 3 N–H and O–H groups in total. The summed E-state index contributed by atoms with van der Waals surface area (Å²) in [6.45, 7) is 0.360. The van der Waals surface area contributed by atoms with Gasteiger partial charge in [-0.2, -0.15) is 9.97 Å². The van der Waals surface area contributed by atoms with Gasteiger partial charge in [-0.15, -0.1) is 0 Å². The highest BCUT2D eigenvalue weighted by atomic mass is 16.5. The maximum Gasteiger partial charge on any atom is 0.247 e. The zero-order valence-electron chi connectivity index (χ0n) is 9.42. The Morgan fingerprint density at radius 3 is 3.11 bits per heavy atom. The van der Waals surface area contributed by atoms with Crippen molar-refractivity contribution in [1.82, 2.24) is 19.9 Å². The van der Waals surface area contributed by atoms with Gasteiger partial charge in [0.1, 0.15) is 6.61 Å². The average Bonchev–Trinajstić information content (AvgIpc) is 2.85. The highest BCUT2D eigenvalue weighted by Crippen LogP contribution is 2.20. The van der Waals surface area contributed by atoms with Gasteiger partial charge in [0.25, 0.3) is 0 Å².